The van der Waals surface area contributed by atoms with Gasteiger partial charge < -0.3 is 5.32 Å². The van der Waals surface area contributed by atoms with Crippen molar-refractivity contribution < 1.29 is 8.42 Å². The van der Waals surface area contributed by atoms with E-state index in [1.54, 1.807) is 6.07 Å². The molecule has 2 N–H and O–H groups in total. The van der Waals surface area contributed by atoms with Crippen molar-refractivity contribution in [1.29, 1.82) is 0 Å². The summed E-state index contributed by atoms with van der Waals surface area (Å²) in [6.45, 7) is 4.04. The first-order chi connectivity index (χ1) is 9.44. The summed E-state index contributed by atoms with van der Waals surface area (Å²) in [6, 6.07) is 5.94. The molecule has 0 radical (unpaired) electrons. The van der Waals surface area contributed by atoms with Crippen LogP contribution in [0.4, 0.5) is 5.69 Å². The van der Waals surface area contributed by atoms with Crippen LogP contribution in [0.1, 0.15) is 25.3 Å². The van der Waals surface area contributed by atoms with Crippen LogP contribution in [0.2, 0.25) is 0 Å². The van der Waals surface area contributed by atoms with Crippen LogP contribution < -0.4 is 10.0 Å². The summed E-state index contributed by atoms with van der Waals surface area (Å²) in [6.07, 6.45) is 2.34. The van der Waals surface area contributed by atoms with Gasteiger partial charge in [0, 0.05) is 17.0 Å². The number of thioether (sulfide) groups is 1. The van der Waals surface area contributed by atoms with Gasteiger partial charge in [0.2, 0.25) is 10.0 Å². The van der Waals surface area contributed by atoms with E-state index in [-0.39, 0.29) is 0 Å². The van der Waals surface area contributed by atoms with Crippen LogP contribution in [0.3, 0.4) is 0 Å². The fourth-order valence-electron chi connectivity index (χ4n) is 2.42. The fraction of sp³-hybridized carbons (Fsp3) is 0.571. The number of sulfonamides is 1. The Balaban J connectivity index is 2.23. The molecule has 1 aromatic rings. The minimum atomic E-state index is -3.40. The quantitative estimate of drug-likeness (QED) is 0.897. The first-order valence-corrected chi connectivity index (χ1v) is 9.39. The maximum atomic E-state index is 12.0. The van der Waals surface area contributed by atoms with Crippen molar-refractivity contribution >= 4 is 27.5 Å². The molecule has 2 atom stereocenters. The predicted molar refractivity (Wildman–Crippen MR) is 86.0 cm³/mol. The summed E-state index contributed by atoms with van der Waals surface area (Å²) in [7, 11) is -1.96. The van der Waals surface area contributed by atoms with E-state index < -0.39 is 10.0 Å². The molecular weight excluding hydrogens is 292 g/mol. The van der Waals surface area contributed by atoms with Crippen molar-refractivity contribution in [3.05, 3.63) is 23.8 Å². The van der Waals surface area contributed by atoms with Gasteiger partial charge in [0.15, 0.2) is 0 Å². The average molecular weight is 314 g/mol. The molecule has 1 aliphatic rings. The van der Waals surface area contributed by atoms with Gasteiger partial charge in [-0.25, -0.2) is 13.1 Å². The number of hydrogen-bond donors (Lipinski definition) is 2. The Morgan fingerprint density at radius 3 is 2.75 bits per heavy atom. The van der Waals surface area contributed by atoms with Crippen LogP contribution in [0, 0.1) is 6.92 Å². The molecule has 1 heterocycles. The zero-order valence-electron chi connectivity index (χ0n) is 12.1. The summed E-state index contributed by atoms with van der Waals surface area (Å²) in [5.74, 6) is 1.21. The zero-order chi connectivity index (χ0) is 14.8. The smallest absolute Gasteiger partial charge is 0.240 e. The summed E-state index contributed by atoms with van der Waals surface area (Å²) < 4.78 is 26.4. The Labute approximate surface area is 125 Å². The highest BCUT2D eigenvalue weighted by Crippen LogP contribution is 2.28. The van der Waals surface area contributed by atoms with E-state index in [2.05, 4.69) is 17.0 Å². The molecule has 1 aliphatic heterocycles. The molecule has 0 bridgehead atoms. The van der Waals surface area contributed by atoms with Gasteiger partial charge in [-0.05, 0) is 50.3 Å². The first-order valence-electron chi connectivity index (χ1n) is 6.86. The van der Waals surface area contributed by atoms with Gasteiger partial charge in [-0.1, -0.05) is 13.0 Å². The summed E-state index contributed by atoms with van der Waals surface area (Å²) in [4.78, 5) is 0.348. The maximum Gasteiger partial charge on any atom is 0.240 e. The second-order valence-corrected chi connectivity index (χ2v) is 8.50. The topological polar surface area (TPSA) is 58.2 Å². The van der Waals surface area contributed by atoms with E-state index in [1.807, 2.05) is 30.8 Å². The van der Waals surface area contributed by atoms with Crippen LogP contribution in [-0.2, 0) is 10.0 Å². The highest BCUT2D eigenvalue weighted by atomic mass is 32.2. The SMILES string of the molecule is CNS(=O)(=O)c1cc(NC2CCCSC2C)ccc1C. The highest BCUT2D eigenvalue weighted by molar-refractivity contribution is 8.00. The number of nitrogens with one attached hydrogen (secondary N) is 2. The van der Waals surface area contributed by atoms with Gasteiger partial charge in [-0.15, -0.1) is 0 Å². The number of benzene rings is 1. The van der Waals surface area contributed by atoms with Crippen LogP contribution in [0.25, 0.3) is 0 Å². The van der Waals surface area contributed by atoms with Crippen LogP contribution in [0.15, 0.2) is 23.1 Å². The van der Waals surface area contributed by atoms with Crippen molar-refractivity contribution in [3.8, 4) is 0 Å². The molecule has 0 amide bonds. The fourth-order valence-corrected chi connectivity index (χ4v) is 4.55. The molecule has 0 saturated carbocycles. The Morgan fingerprint density at radius 2 is 2.10 bits per heavy atom. The van der Waals surface area contributed by atoms with E-state index >= 15 is 0 Å². The first kappa shape index (κ1) is 15.7. The minimum Gasteiger partial charge on any atom is -0.381 e. The average Bonchev–Trinajstić information content (AvgIpc) is 2.43. The minimum absolute atomic E-state index is 0.348. The van der Waals surface area contributed by atoms with E-state index in [0.29, 0.717) is 16.2 Å². The predicted octanol–water partition coefficient (Wildman–Crippen LogP) is 2.60. The highest BCUT2D eigenvalue weighted by Gasteiger charge is 2.22. The standard InChI is InChI=1S/C14H22N2O2S2/c1-10-6-7-12(9-14(10)20(17,18)15-3)16-13-5-4-8-19-11(13)2/h6-7,9,11,13,15-16H,4-5,8H2,1-3H3. The third-order valence-corrected chi connectivity index (χ3v) is 6.64. The molecule has 0 aliphatic carbocycles. The molecule has 112 valence electrons. The largest absolute Gasteiger partial charge is 0.381 e. The van der Waals surface area contributed by atoms with Crippen molar-refractivity contribution in [2.24, 2.45) is 0 Å². The monoisotopic (exact) mass is 314 g/mol. The number of aryl methyl sites for hydroxylation is 1. The summed E-state index contributed by atoms with van der Waals surface area (Å²) in [5.41, 5.74) is 1.64. The number of anilines is 1. The second kappa shape index (κ2) is 6.37. The molecular formula is C14H22N2O2S2. The molecule has 1 aromatic carbocycles. The molecule has 1 saturated heterocycles. The molecule has 20 heavy (non-hydrogen) atoms. The Bertz CT molecular complexity index is 573. The lowest BCUT2D eigenvalue weighted by Gasteiger charge is -2.30. The second-order valence-electron chi connectivity index (χ2n) is 5.16. The molecule has 2 rings (SSSR count). The number of rotatable bonds is 4. The van der Waals surface area contributed by atoms with Gasteiger partial charge in [0.05, 0.1) is 4.90 Å². The van der Waals surface area contributed by atoms with Gasteiger partial charge in [-0.3, -0.25) is 0 Å². The van der Waals surface area contributed by atoms with Crippen LogP contribution in [0.5, 0.6) is 0 Å². The van der Waals surface area contributed by atoms with Crippen molar-refractivity contribution in [3.63, 3.8) is 0 Å². The normalized spacial score (nSPS) is 23.6. The lowest BCUT2D eigenvalue weighted by atomic mass is 10.1. The van der Waals surface area contributed by atoms with Gasteiger partial charge in [0.1, 0.15) is 0 Å². The van der Waals surface area contributed by atoms with Gasteiger partial charge >= 0.3 is 0 Å². The Kier molecular flexibility index (Phi) is 4.99. The van der Waals surface area contributed by atoms with Crippen molar-refractivity contribution in [2.45, 2.75) is 42.9 Å². The molecule has 2 unspecified atom stereocenters. The maximum absolute atomic E-state index is 12.0. The number of hydrogen-bond acceptors (Lipinski definition) is 4. The molecule has 6 heteroatoms. The lowest BCUT2D eigenvalue weighted by Crippen LogP contribution is -2.32. The van der Waals surface area contributed by atoms with E-state index in [9.17, 15) is 8.42 Å². The van der Waals surface area contributed by atoms with Gasteiger partial charge in [0.25, 0.3) is 0 Å². The van der Waals surface area contributed by atoms with Crippen LogP contribution >= 0.6 is 11.8 Å². The van der Waals surface area contributed by atoms with Gasteiger partial charge in [-0.2, -0.15) is 11.8 Å². The Morgan fingerprint density at radius 1 is 1.35 bits per heavy atom. The van der Waals surface area contributed by atoms with Crippen molar-refractivity contribution in [1.82, 2.24) is 4.72 Å². The molecule has 0 spiro atoms. The van der Waals surface area contributed by atoms with E-state index in [1.165, 1.54) is 19.2 Å². The summed E-state index contributed by atoms with van der Waals surface area (Å²) >= 11 is 1.97. The zero-order valence-corrected chi connectivity index (χ0v) is 13.8. The van der Waals surface area contributed by atoms with Crippen molar-refractivity contribution in [2.75, 3.05) is 18.1 Å². The molecule has 0 aromatic heterocycles. The Hall–Kier alpha value is -0.720. The summed E-state index contributed by atoms with van der Waals surface area (Å²) in [5, 5.41) is 4.03. The lowest BCUT2D eigenvalue weighted by molar-refractivity contribution is 0.587. The van der Waals surface area contributed by atoms with Crippen LogP contribution in [-0.4, -0.2) is 32.5 Å². The third-order valence-electron chi connectivity index (χ3n) is 3.71. The molecule has 1 fully saturated rings. The van der Waals surface area contributed by atoms with E-state index in [0.717, 1.165) is 17.7 Å². The molecule has 4 nitrogen and oxygen atoms in total. The van der Waals surface area contributed by atoms with E-state index in [4.69, 9.17) is 0 Å². The third kappa shape index (κ3) is 3.48.